The van der Waals surface area contributed by atoms with Crippen LogP contribution in [0.15, 0.2) is 71.9 Å². The van der Waals surface area contributed by atoms with Crippen molar-refractivity contribution < 1.29 is 13.2 Å². The largest absolute Gasteiger partial charge is 0.332 e. The molecule has 1 fully saturated rings. The second-order valence-corrected chi connectivity index (χ2v) is 9.55. The van der Waals surface area contributed by atoms with Gasteiger partial charge in [-0.2, -0.15) is 0 Å². The first-order chi connectivity index (χ1) is 14.8. The fourth-order valence-electron chi connectivity index (χ4n) is 3.90. The van der Waals surface area contributed by atoms with Crippen molar-refractivity contribution >= 4 is 21.6 Å². The van der Waals surface area contributed by atoms with Crippen LogP contribution in [0.3, 0.4) is 0 Å². The lowest BCUT2D eigenvalue weighted by atomic mass is 10.1. The maximum atomic E-state index is 13.1. The first-order valence-electron chi connectivity index (χ1n) is 10.3. The van der Waals surface area contributed by atoms with Crippen LogP contribution in [-0.2, 0) is 10.0 Å². The average Bonchev–Trinajstić information content (AvgIpc) is 3.26. The van der Waals surface area contributed by atoms with E-state index in [1.807, 2.05) is 36.9 Å². The molecule has 3 aromatic rings. The maximum absolute atomic E-state index is 13.1. The van der Waals surface area contributed by atoms with Crippen LogP contribution in [0.4, 0.5) is 5.69 Å². The number of aryl methyl sites for hydroxylation is 2. The Labute approximate surface area is 183 Å². The van der Waals surface area contributed by atoms with Crippen LogP contribution in [0, 0.1) is 13.8 Å². The lowest BCUT2D eigenvalue weighted by Gasteiger charge is -2.25. The first-order valence-corrected chi connectivity index (χ1v) is 11.7. The summed E-state index contributed by atoms with van der Waals surface area (Å²) < 4.78 is 28.1. The van der Waals surface area contributed by atoms with E-state index in [4.69, 9.17) is 0 Å². The van der Waals surface area contributed by atoms with Gasteiger partial charge in [0.15, 0.2) is 0 Å². The van der Waals surface area contributed by atoms with Gasteiger partial charge in [-0.05, 0) is 91.9 Å². The number of pyridine rings is 1. The molecule has 1 N–H and O–H groups in total. The zero-order valence-corrected chi connectivity index (χ0v) is 18.4. The van der Waals surface area contributed by atoms with Crippen LogP contribution in [0.2, 0.25) is 0 Å². The van der Waals surface area contributed by atoms with Gasteiger partial charge in [0.05, 0.1) is 10.9 Å². The van der Waals surface area contributed by atoms with E-state index in [0.717, 1.165) is 29.5 Å². The second kappa shape index (κ2) is 8.51. The maximum Gasteiger partial charge on any atom is 0.261 e. The summed E-state index contributed by atoms with van der Waals surface area (Å²) in [4.78, 5) is 19.1. The Kier molecular flexibility index (Phi) is 5.78. The molecule has 6 nitrogen and oxygen atoms in total. The zero-order chi connectivity index (χ0) is 22.0. The minimum absolute atomic E-state index is 0.0188. The van der Waals surface area contributed by atoms with E-state index in [1.165, 1.54) is 12.1 Å². The van der Waals surface area contributed by atoms with Gasteiger partial charge < -0.3 is 4.90 Å². The van der Waals surface area contributed by atoms with E-state index in [9.17, 15) is 13.2 Å². The van der Waals surface area contributed by atoms with Crippen molar-refractivity contribution in [1.29, 1.82) is 0 Å². The summed E-state index contributed by atoms with van der Waals surface area (Å²) in [5.41, 5.74) is 4.16. The van der Waals surface area contributed by atoms with Crippen molar-refractivity contribution in [3.63, 3.8) is 0 Å². The normalized spacial score (nSPS) is 16.3. The number of anilines is 1. The second-order valence-electron chi connectivity index (χ2n) is 7.87. The predicted octanol–water partition coefficient (Wildman–Crippen LogP) is 4.48. The fourth-order valence-corrected chi connectivity index (χ4v) is 4.95. The van der Waals surface area contributed by atoms with Gasteiger partial charge in [0.25, 0.3) is 15.9 Å². The van der Waals surface area contributed by atoms with Crippen LogP contribution in [0.1, 0.15) is 45.9 Å². The standard InChI is InChI=1S/C24H25N3O3S/c1-17-5-8-21(16-18(17)2)26-31(29,30)22-9-6-20(7-10-22)24(28)27-15-3-4-23(27)19-11-13-25-14-12-19/h5-14,16,23,26H,3-4,15H2,1-2H3. The molecule has 2 aromatic carbocycles. The highest BCUT2D eigenvalue weighted by Crippen LogP contribution is 2.33. The fraction of sp³-hybridized carbons (Fsp3) is 0.250. The van der Waals surface area contributed by atoms with Gasteiger partial charge in [-0.15, -0.1) is 0 Å². The number of hydrogen-bond donors (Lipinski definition) is 1. The Hall–Kier alpha value is -3.19. The number of rotatable bonds is 5. The summed E-state index contributed by atoms with van der Waals surface area (Å²) in [7, 11) is -3.74. The molecule has 1 atom stereocenters. The summed E-state index contributed by atoms with van der Waals surface area (Å²) in [6.07, 6.45) is 5.31. The first kappa shape index (κ1) is 21.1. The highest BCUT2D eigenvalue weighted by atomic mass is 32.2. The number of benzene rings is 2. The third-order valence-corrected chi connectivity index (χ3v) is 7.17. The zero-order valence-electron chi connectivity index (χ0n) is 17.6. The summed E-state index contributed by atoms with van der Waals surface area (Å²) in [5.74, 6) is -0.0922. The van der Waals surface area contributed by atoms with Gasteiger partial charge in [-0.3, -0.25) is 14.5 Å². The van der Waals surface area contributed by atoms with Crippen LogP contribution in [0.5, 0.6) is 0 Å². The molecule has 0 radical (unpaired) electrons. The minimum atomic E-state index is -3.74. The summed E-state index contributed by atoms with van der Waals surface area (Å²) in [6, 6.07) is 15.4. The molecule has 160 valence electrons. The van der Waals surface area contributed by atoms with Gasteiger partial charge in [0.1, 0.15) is 0 Å². The van der Waals surface area contributed by atoms with Gasteiger partial charge in [-0.25, -0.2) is 8.42 Å². The SMILES string of the molecule is Cc1ccc(NS(=O)(=O)c2ccc(C(=O)N3CCCC3c3ccncc3)cc2)cc1C. The van der Waals surface area contributed by atoms with Crippen molar-refractivity contribution in [2.75, 3.05) is 11.3 Å². The molecule has 1 saturated heterocycles. The highest BCUT2D eigenvalue weighted by Gasteiger charge is 2.30. The molecular formula is C24H25N3O3S. The number of nitrogens with zero attached hydrogens (tertiary/aromatic N) is 2. The lowest BCUT2D eigenvalue weighted by Crippen LogP contribution is -2.30. The Morgan fingerprint density at radius 3 is 2.39 bits per heavy atom. The van der Waals surface area contributed by atoms with E-state index in [-0.39, 0.29) is 16.8 Å². The monoisotopic (exact) mass is 435 g/mol. The Balaban J connectivity index is 1.52. The molecule has 1 aromatic heterocycles. The van der Waals surface area contributed by atoms with Crippen molar-refractivity contribution in [3.8, 4) is 0 Å². The highest BCUT2D eigenvalue weighted by molar-refractivity contribution is 7.92. The Morgan fingerprint density at radius 2 is 1.71 bits per heavy atom. The molecule has 2 heterocycles. The third kappa shape index (κ3) is 4.46. The molecule has 7 heteroatoms. The van der Waals surface area contributed by atoms with Crippen LogP contribution < -0.4 is 4.72 Å². The number of nitrogens with one attached hydrogen (secondary N) is 1. The Morgan fingerprint density at radius 1 is 1.00 bits per heavy atom. The molecule has 0 aliphatic carbocycles. The molecule has 4 rings (SSSR count). The van der Waals surface area contributed by atoms with E-state index in [0.29, 0.717) is 17.8 Å². The molecule has 0 bridgehead atoms. The molecule has 1 aliphatic rings. The number of likely N-dealkylation sites (tertiary alicyclic amines) is 1. The molecule has 1 unspecified atom stereocenters. The molecule has 1 amide bonds. The van der Waals surface area contributed by atoms with Crippen LogP contribution in [-0.4, -0.2) is 30.8 Å². The predicted molar refractivity (Wildman–Crippen MR) is 120 cm³/mol. The number of carbonyl (C=O) groups excluding carboxylic acids is 1. The van der Waals surface area contributed by atoms with E-state index in [2.05, 4.69) is 9.71 Å². The molecule has 0 spiro atoms. The number of sulfonamides is 1. The van der Waals surface area contributed by atoms with Crippen molar-refractivity contribution in [2.45, 2.75) is 37.6 Å². The van der Waals surface area contributed by atoms with Crippen molar-refractivity contribution in [3.05, 3.63) is 89.2 Å². The summed E-state index contributed by atoms with van der Waals surface area (Å²) >= 11 is 0. The molecular weight excluding hydrogens is 410 g/mol. The third-order valence-electron chi connectivity index (χ3n) is 5.78. The smallest absolute Gasteiger partial charge is 0.261 e. The Bertz CT molecular complexity index is 1190. The number of hydrogen-bond acceptors (Lipinski definition) is 4. The average molecular weight is 436 g/mol. The van der Waals surface area contributed by atoms with Gasteiger partial charge in [0, 0.05) is 30.2 Å². The van der Waals surface area contributed by atoms with Crippen LogP contribution in [0.25, 0.3) is 0 Å². The lowest BCUT2D eigenvalue weighted by molar-refractivity contribution is 0.0735. The van der Waals surface area contributed by atoms with E-state index in [1.54, 1.807) is 36.7 Å². The van der Waals surface area contributed by atoms with Gasteiger partial charge >= 0.3 is 0 Å². The molecule has 1 aliphatic heterocycles. The number of amides is 1. The minimum Gasteiger partial charge on any atom is -0.332 e. The number of carbonyl (C=O) groups is 1. The molecule has 0 saturated carbocycles. The van der Waals surface area contributed by atoms with Crippen LogP contribution >= 0.6 is 0 Å². The van der Waals surface area contributed by atoms with Crippen molar-refractivity contribution in [2.24, 2.45) is 0 Å². The van der Waals surface area contributed by atoms with Crippen molar-refractivity contribution in [1.82, 2.24) is 9.88 Å². The topological polar surface area (TPSA) is 79.4 Å². The van der Waals surface area contributed by atoms with E-state index < -0.39 is 10.0 Å². The summed E-state index contributed by atoms with van der Waals surface area (Å²) in [5, 5.41) is 0. The van der Waals surface area contributed by atoms with E-state index >= 15 is 0 Å². The quantitative estimate of drug-likeness (QED) is 0.641. The summed E-state index contributed by atoms with van der Waals surface area (Å²) in [6.45, 7) is 4.59. The number of aromatic nitrogens is 1. The molecule has 31 heavy (non-hydrogen) atoms. The van der Waals surface area contributed by atoms with Gasteiger partial charge in [-0.1, -0.05) is 6.07 Å². The van der Waals surface area contributed by atoms with Gasteiger partial charge in [0.2, 0.25) is 0 Å².